The van der Waals surface area contributed by atoms with Crippen LogP contribution in [-0.4, -0.2) is 26.5 Å². The monoisotopic (exact) mass is 289 g/mol. The van der Waals surface area contributed by atoms with Gasteiger partial charge in [-0.3, -0.25) is 4.79 Å². The molecule has 0 aromatic heterocycles. The van der Waals surface area contributed by atoms with Gasteiger partial charge in [-0.2, -0.15) is 13.2 Å². The third kappa shape index (κ3) is 5.48. The molecule has 3 N–H and O–H groups in total. The summed E-state index contributed by atoms with van der Waals surface area (Å²) in [5, 5.41) is 8.28. The highest BCUT2D eigenvalue weighted by atomic mass is 19.4. The molecule has 112 valence electrons. The van der Waals surface area contributed by atoms with Crippen molar-refractivity contribution in [2.45, 2.75) is 19.1 Å². The molecule has 20 heavy (non-hydrogen) atoms. The van der Waals surface area contributed by atoms with Crippen molar-refractivity contribution < 1.29 is 18.0 Å². The van der Waals surface area contributed by atoms with E-state index in [9.17, 15) is 18.0 Å². The number of carbonyl (C=O) groups excluding carboxylic acids is 1. The van der Waals surface area contributed by atoms with Crippen LogP contribution in [0.1, 0.15) is 17.5 Å². The van der Waals surface area contributed by atoms with Gasteiger partial charge in [-0.15, -0.1) is 0 Å². The Bertz CT molecular complexity index is 435. The average molecular weight is 289 g/mol. The molecule has 0 fully saturated rings. The van der Waals surface area contributed by atoms with Gasteiger partial charge in [-0.1, -0.05) is 0 Å². The lowest BCUT2D eigenvalue weighted by atomic mass is 10.1. The fourth-order valence-corrected chi connectivity index (χ4v) is 1.71. The Morgan fingerprint density at radius 2 is 1.95 bits per heavy atom. The number of rotatable bonds is 8. The first-order valence-electron chi connectivity index (χ1n) is 6.24. The second-order valence-corrected chi connectivity index (χ2v) is 4.27. The normalized spacial score (nSPS) is 11.2. The lowest BCUT2D eigenvalue weighted by Gasteiger charge is -2.12. The van der Waals surface area contributed by atoms with E-state index in [1.807, 2.05) is 0 Å². The molecule has 0 aliphatic heterocycles. The van der Waals surface area contributed by atoms with E-state index in [1.165, 1.54) is 0 Å². The number of hydrogen-bond donors (Lipinski definition) is 3. The summed E-state index contributed by atoms with van der Waals surface area (Å²) >= 11 is 0. The summed E-state index contributed by atoms with van der Waals surface area (Å²) in [7, 11) is 1.58. The van der Waals surface area contributed by atoms with Gasteiger partial charge >= 0.3 is 6.18 Å². The standard InChI is InChI=1S/C13H18F3N3O/c1-17-12-6-10(5-11(7-12)13(14,15)16)8-18-3-2-4-19-9-20/h5-7,9,17-18H,2-4,8H2,1H3,(H,19,20). The van der Waals surface area contributed by atoms with Crippen LogP contribution in [0.15, 0.2) is 18.2 Å². The van der Waals surface area contributed by atoms with Crippen molar-refractivity contribution in [3.05, 3.63) is 29.3 Å². The molecule has 0 spiro atoms. The first-order chi connectivity index (χ1) is 9.47. The summed E-state index contributed by atoms with van der Waals surface area (Å²) in [5.41, 5.74) is 0.329. The Morgan fingerprint density at radius 3 is 2.55 bits per heavy atom. The van der Waals surface area contributed by atoms with Gasteiger partial charge < -0.3 is 16.0 Å². The fraction of sp³-hybridized carbons (Fsp3) is 0.462. The Morgan fingerprint density at radius 1 is 1.20 bits per heavy atom. The number of anilines is 1. The van der Waals surface area contributed by atoms with Crippen LogP contribution in [0.2, 0.25) is 0 Å². The van der Waals surface area contributed by atoms with Crippen molar-refractivity contribution in [1.29, 1.82) is 0 Å². The molecule has 0 aliphatic rings. The molecule has 0 atom stereocenters. The minimum atomic E-state index is -4.35. The number of halogens is 3. The van der Waals surface area contributed by atoms with Crippen molar-refractivity contribution >= 4 is 12.1 Å². The molecule has 0 bridgehead atoms. The highest BCUT2D eigenvalue weighted by Gasteiger charge is 2.31. The van der Waals surface area contributed by atoms with Gasteiger partial charge in [-0.25, -0.2) is 0 Å². The molecule has 1 amide bonds. The zero-order valence-corrected chi connectivity index (χ0v) is 11.2. The lowest BCUT2D eigenvalue weighted by molar-refractivity contribution is -0.137. The number of benzene rings is 1. The van der Waals surface area contributed by atoms with Crippen molar-refractivity contribution in [3.8, 4) is 0 Å². The first kappa shape index (κ1) is 16.3. The number of alkyl halides is 3. The number of amides is 1. The lowest BCUT2D eigenvalue weighted by Crippen LogP contribution is -2.21. The Kier molecular flexibility index (Phi) is 6.30. The summed E-state index contributed by atoms with van der Waals surface area (Å²) in [6.07, 6.45) is -3.02. The molecule has 0 aliphatic carbocycles. The zero-order valence-electron chi connectivity index (χ0n) is 11.2. The van der Waals surface area contributed by atoms with Crippen LogP contribution in [0.25, 0.3) is 0 Å². The van der Waals surface area contributed by atoms with Crippen molar-refractivity contribution in [1.82, 2.24) is 10.6 Å². The number of nitrogens with one attached hydrogen (secondary N) is 3. The second-order valence-electron chi connectivity index (χ2n) is 4.27. The molecule has 0 heterocycles. The van der Waals surface area contributed by atoms with Crippen LogP contribution in [0.4, 0.5) is 18.9 Å². The third-order valence-electron chi connectivity index (χ3n) is 2.70. The summed E-state index contributed by atoms with van der Waals surface area (Å²) in [4.78, 5) is 10.0. The molecular formula is C13H18F3N3O. The van der Waals surface area contributed by atoms with E-state index in [1.54, 1.807) is 13.1 Å². The van der Waals surface area contributed by atoms with Gasteiger partial charge in [0.25, 0.3) is 0 Å². The van der Waals surface area contributed by atoms with Crippen molar-refractivity contribution in [2.75, 3.05) is 25.5 Å². The van der Waals surface area contributed by atoms with Crippen LogP contribution in [0.5, 0.6) is 0 Å². The molecule has 1 rings (SSSR count). The maximum atomic E-state index is 12.7. The summed E-state index contributed by atoms with van der Waals surface area (Å²) in [5.74, 6) is 0. The van der Waals surface area contributed by atoms with Crippen LogP contribution in [0, 0.1) is 0 Å². The van der Waals surface area contributed by atoms with Crippen molar-refractivity contribution in [2.24, 2.45) is 0 Å². The predicted octanol–water partition coefficient (Wildman–Crippen LogP) is 1.97. The third-order valence-corrected chi connectivity index (χ3v) is 2.70. The first-order valence-corrected chi connectivity index (χ1v) is 6.24. The maximum absolute atomic E-state index is 12.7. The smallest absolute Gasteiger partial charge is 0.388 e. The van der Waals surface area contributed by atoms with E-state index in [0.29, 0.717) is 37.3 Å². The van der Waals surface area contributed by atoms with Gasteiger partial charge in [-0.05, 0) is 36.7 Å². The molecule has 0 radical (unpaired) electrons. The molecule has 7 heteroatoms. The highest BCUT2D eigenvalue weighted by molar-refractivity contribution is 5.49. The van der Waals surface area contributed by atoms with E-state index in [-0.39, 0.29) is 0 Å². The molecule has 4 nitrogen and oxygen atoms in total. The molecule has 0 unspecified atom stereocenters. The van der Waals surface area contributed by atoms with Gasteiger partial charge in [0.05, 0.1) is 5.56 Å². The van der Waals surface area contributed by atoms with Gasteiger partial charge in [0.15, 0.2) is 0 Å². The Hall–Kier alpha value is -1.76. The van der Waals surface area contributed by atoms with Gasteiger partial charge in [0.1, 0.15) is 0 Å². The Labute approximate surface area is 115 Å². The molecule has 0 saturated heterocycles. The molecule has 0 saturated carbocycles. The average Bonchev–Trinajstić information content (AvgIpc) is 2.41. The number of carbonyl (C=O) groups is 1. The van der Waals surface area contributed by atoms with E-state index in [0.717, 1.165) is 18.6 Å². The van der Waals surface area contributed by atoms with E-state index < -0.39 is 11.7 Å². The zero-order chi connectivity index (χ0) is 15.0. The molecule has 1 aromatic carbocycles. The summed E-state index contributed by atoms with van der Waals surface area (Å²) in [6.45, 7) is 1.51. The van der Waals surface area contributed by atoms with Crippen molar-refractivity contribution in [3.63, 3.8) is 0 Å². The Balaban J connectivity index is 2.58. The van der Waals surface area contributed by atoms with Gasteiger partial charge in [0.2, 0.25) is 6.41 Å². The molecular weight excluding hydrogens is 271 g/mol. The van der Waals surface area contributed by atoms with Crippen LogP contribution in [0.3, 0.4) is 0 Å². The molecule has 1 aromatic rings. The minimum Gasteiger partial charge on any atom is -0.388 e. The predicted molar refractivity (Wildman–Crippen MR) is 71.4 cm³/mol. The van der Waals surface area contributed by atoms with Gasteiger partial charge in [0, 0.05) is 25.8 Å². The van der Waals surface area contributed by atoms with Crippen LogP contribution >= 0.6 is 0 Å². The summed E-state index contributed by atoms with van der Waals surface area (Å²) < 4.78 is 38.2. The quantitative estimate of drug-likeness (QED) is 0.506. The minimum absolute atomic E-state index is 0.347. The largest absolute Gasteiger partial charge is 0.416 e. The van der Waals surface area contributed by atoms with E-state index in [2.05, 4.69) is 16.0 Å². The van der Waals surface area contributed by atoms with Crippen LogP contribution < -0.4 is 16.0 Å². The second kappa shape index (κ2) is 7.74. The SMILES string of the molecule is CNc1cc(CNCCCNC=O)cc(C(F)(F)F)c1. The van der Waals surface area contributed by atoms with E-state index >= 15 is 0 Å². The highest BCUT2D eigenvalue weighted by Crippen LogP contribution is 2.31. The number of hydrogen-bond acceptors (Lipinski definition) is 3. The van der Waals surface area contributed by atoms with Crippen LogP contribution in [-0.2, 0) is 17.5 Å². The van der Waals surface area contributed by atoms with E-state index in [4.69, 9.17) is 0 Å². The summed E-state index contributed by atoms with van der Waals surface area (Å²) in [6, 6.07) is 3.89. The fourth-order valence-electron chi connectivity index (χ4n) is 1.71. The topological polar surface area (TPSA) is 53.2 Å². The maximum Gasteiger partial charge on any atom is 0.416 e.